The second kappa shape index (κ2) is 3.36. The summed E-state index contributed by atoms with van der Waals surface area (Å²) in [5.41, 5.74) is 1.57. The molecule has 4 rings (SSSR count). The lowest BCUT2D eigenvalue weighted by molar-refractivity contribution is 0.664. The third-order valence-corrected chi connectivity index (χ3v) is 4.80. The third-order valence-electron chi connectivity index (χ3n) is 4.12. The number of pyridine rings is 1. The molecule has 1 N–H and O–H groups in total. The summed E-state index contributed by atoms with van der Waals surface area (Å²) in [6.07, 6.45) is 4.07. The van der Waals surface area contributed by atoms with E-state index in [1.807, 2.05) is 0 Å². The van der Waals surface area contributed by atoms with Crippen molar-refractivity contribution in [3.63, 3.8) is 0 Å². The van der Waals surface area contributed by atoms with Gasteiger partial charge < -0.3 is 4.98 Å². The highest BCUT2D eigenvalue weighted by molar-refractivity contribution is 6.41. The van der Waals surface area contributed by atoms with Gasteiger partial charge in [-0.05, 0) is 30.7 Å². The van der Waals surface area contributed by atoms with Crippen LogP contribution in [0.2, 0.25) is 10.2 Å². The van der Waals surface area contributed by atoms with Crippen molar-refractivity contribution in [3.8, 4) is 0 Å². The minimum atomic E-state index is 0.327. The summed E-state index contributed by atoms with van der Waals surface area (Å²) in [6.45, 7) is 0. The maximum absolute atomic E-state index is 5.95. The average molecular weight is 268 g/mol. The van der Waals surface area contributed by atoms with E-state index in [2.05, 4.69) is 15.0 Å². The molecule has 0 aromatic carbocycles. The molecule has 0 aliphatic heterocycles. The molecule has 5 heteroatoms. The number of aromatic nitrogens is 3. The van der Waals surface area contributed by atoms with Gasteiger partial charge in [0.1, 0.15) is 11.0 Å². The molecule has 2 aromatic rings. The number of rotatable bonds is 1. The normalized spacial score (nSPS) is 30.8. The minimum Gasteiger partial charge on any atom is -0.340 e. The van der Waals surface area contributed by atoms with Gasteiger partial charge in [-0.3, -0.25) is 0 Å². The molecule has 0 bridgehead atoms. The molecule has 2 fully saturated rings. The van der Waals surface area contributed by atoms with Crippen LogP contribution < -0.4 is 0 Å². The van der Waals surface area contributed by atoms with Crippen LogP contribution in [0.25, 0.3) is 11.2 Å². The number of fused-ring (bicyclic) bond motifs is 2. The second-order valence-electron chi connectivity index (χ2n) is 5.04. The van der Waals surface area contributed by atoms with E-state index in [9.17, 15) is 0 Å². The van der Waals surface area contributed by atoms with Gasteiger partial charge in [0.25, 0.3) is 0 Å². The Morgan fingerprint density at radius 2 is 1.94 bits per heavy atom. The Labute approximate surface area is 109 Å². The zero-order chi connectivity index (χ0) is 11.6. The number of hydrogen-bond acceptors (Lipinski definition) is 2. The van der Waals surface area contributed by atoms with Crippen LogP contribution in [0, 0.1) is 11.8 Å². The molecule has 0 amide bonds. The van der Waals surface area contributed by atoms with Crippen LogP contribution in [0.15, 0.2) is 6.07 Å². The molecule has 2 aromatic heterocycles. The van der Waals surface area contributed by atoms with Crippen molar-refractivity contribution in [2.24, 2.45) is 11.8 Å². The topological polar surface area (TPSA) is 41.6 Å². The van der Waals surface area contributed by atoms with Crippen LogP contribution in [0.1, 0.15) is 31.0 Å². The fraction of sp³-hybridized carbons (Fsp3) is 0.500. The fourth-order valence-corrected chi connectivity index (χ4v) is 3.59. The molecule has 3 nitrogen and oxygen atoms in total. The van der Waals surface area contributed by atoms with Crippen LogP contribution in [0.3, 0.4) is 0 Å². The molecule has 2 atom stereocenters. The Morgan fingerprint density at radius 1 is 1.18 bits per heavy atom. The molecular weight excluding hydrogens is 257 g/mol. The predicted molar refractivity (Wildman–Crippen MR) is 67.5 cm³/mol. The Bertz CT molecular complexity index is 558. The largest absolute Gasteiger partial charge is 0.340 e. The summed E-state index contributed by atoms with van der Waals surface area (Å²) in [7, 11) is 0. The van der Waals surface area contributed by atoms with Crippen molar-refractivity contribution in [2.45, 2.75) is 25.2 Å². The summed E-state index contributed by atoms with van der Waals surface area (Å²) in [4.78, 5) is 12.1. The number of imidazole rings is 1. The fourth-order valence-electron chi connectivity index (χ4n) is 3.30. The van der Waals surface area contributed by atoms with Crippen molar-refractivity contribution in [1.82, 2.24) is 15.0 Å². The van der Waals surface area contributed by atoms with Gasteiger partial charge in [0, 0.05) is 5.92 Å². The standard InChI is InChI=1S/C12H11Cl2N3/c13-7-4-8-11(16-10(7)14)17-12(15-8)9-5-2-1-3-6(5)9/h4-6,9H,1-3H2,(H,15,16,17). The monoisotopic (exact) mass is 267 g/mol. The van der Waals surface area contributed by atoms with Gasteiger partial charge in [0.15, 0.2) is 5.65 Å². The van der Waals surface area contributed by atoms with E-state index in [4.69, 9.17) is 23.2 Å². The Balaban J connectivity index is 1.78. The van der Waals surface area contributed by atoms with Crippen molar-refractivity contribution in [1.29, 1.82) is 0 Å². The molecule has 0 saturated heterocycles. The molecule has 88 valence electrons. The van der Waals surface area contributed by atoms with Gasteiger partial charge in [0.05, 0.1) is 10.5 Å². The summed E-state index contributed by atoms with van der Waals surface area (Å²) >= 11 is 11.8. The van der Waals surface area contributed by atoms with E-state index in [0.717, 1.165) is 23.2 Å². The van der Waals surface area contributed by atoms with E-state index >= 15 is 0 Å². The molecule has 0 spiro atoms. The van der Waals surface area contributed by atoms with Crippen LogP contribution in [0.4, 0.5) is 0 Å². The third kappa shape index (κ3) is 1.42. The van der Waals surface area contributed by atoms with Gasteiger partial charge in [0.2, 0.25) is 0 Å². The number of aromatic amines is 1. The van der Waals surface area contributed by atoms with Crippen molar-refractivity contribution < 1.29 is 0 Å². The van der Waals surface area contributed by atoms with Crippen LogP contribution in [0.5, 0.6) is 0 Å². The SMILES string of the molecule is Clc1cc2[nH]c(C3C4CCCC43)nc2nc1Cl. The quantitative estimate of drug-likeness (QED) is 0.800. The minimum absolute atomic E-state index is 0.327. The summed E-state index contributed by atoms with van der Waals surface area (Å²) in [5.74, 6) is 3.39. The zero-order valence-electron chi connectivity index (χ0n) is 9.08. The van der Waals surface area contributed by atoms with Gasteiger partial charge >= 0.3 is 0 Å². The van der Waals surface area contributed by atoms with Gasteiger partial charge in [-0.2, -0.15) is 0 Å². The Hall–Kier alpha value is -0.800. The van der Waals surface area contributed by atoms with Crippen LogP contribution >= 0.6 is 23.2 Å². The molecule has 0 radical (unpaired) electrons. The first-order valence-electron chi connectivity index (χ1n) is 5.95. The van der Waals surface area contributed by atoms with Gasteiger partial charge in [-0.1, -0.05) is 29.6 Å². The number of hydrogen-bond donors (Lipinski definition) is 1. The number of nitrogens with one attached hydrogen (secondary N) is 1. The predicted octanol–water partition coefficient (Wildman–Crippen LogP) is 3.78. The molecule has 2 saturated carbocycles. The van der Waals surface area contributed by atoms with Gasteiger partial charge in [-0.25, -0.2) is 9.97 Å². The summed E-state index contributed by atoms with van der Waals surface area (Å²) < 4.78 is 0. The number of nitrogens with zero attached hydrogens (tertiary/aromatic N) is 2. The van der Waals surface area contributed by atoms with Gasteiger partial charge in [-0.15, -0.1) is 0 Å². The summed E-state index contributed by atoms with van der Waals surface area (Å²) in [5, 5.41) is 0.804. The Kier molecular flexibility index (Phi) is 2.01. The lowest BCUT2D eigenvalue weighted by Gasteiger charge is -1.97. The maximum atomic E-state index is 5.95. The Morgan fingerprint density at radius 3 is 2.71 bits per heavy atom. The van der Waals surface area contributed by atoms with Crippen molar-refractivity contribution in [3.05, 3.63) is 22.1 Å². The van der Waals surface area contributed by atoms with E-state index < -0.39 is 0 Å². The highest BCUT2D eigenvalue weighted by Crippen LogP contribution is 2.62. The van der Waals surface area contributed by atoms with Crippen molar-refractivity contribution in [2.75, 3.05) is 0 Å². The molecule has 2 heterocycles. The maximum Gasteiger partial charge on any atom is 0.179 e. The smallest absolute Gasteiger partial charge is 0.179 e. The zero-order valence-corrected chi connectivity index (χ0v) is 10.6. The van der Waals surface area contributed by atoms with Crippen LogP contribution in [-0.4, -0.2) is 15.0 Å². The lowest BCUT2D eigenvalue weighted by Crippen LogP contribution is -1.89. The second-order valence-corrected chi connectivity index (χ2v) is 5.80. The molecule has 2 unspecified atom stereocenters. The highest BCUT2D eigenvalue weighted by Gasteiger charge is 2.54. The van der Waals surface area contributed by atoms with Crippen molar-refractivity contribution >= 4 is 34.4 Å². The molecular formula is C12H11Cl2N3. The first-order valence-corrected chi connectivity index (χ1v) is 6.71. The number of H-pyrrole nitrogens is 1. The highest BCUT2D eigenvalue weighted by atomic mass is 35.5. The van der Waals surface area contributed by atoms with E-state index in [1.54, 1.807) is 6.07 Å². The summed E-state index contributed by atoms with van der Waals surface area (Å²) in [6, 6.07) is 1.81. The van der Waals surface area contributed by atoms with E-state index in [-0.39, 0.29) is 0 Å². The van der Waals surface area contributed by atoms with Crippen LogP contribution in [-0.2, 0) is 0 Å². The number of halogens is 2. The first kappa shape index (κ1) is 10.2. The average Bonchev–Trinajstić information content (AvgIpc) is 2.68. The van der Waals surface area contributed by atoms with E-state index in [1.165, 1.54) is 19.3 Å². The lowest BCUT2D eigenvalue weighted by atomic mass is 10.1. The first-order chi connectivity index (χ1) is 8.24. The molecule has 17 heavy (non-hydrogen) atoms. The van der Waals surface area contributed by atoms with E-state index in [0.29, 0.717) is 21.7 Å². The molecule has 2 aliphatic carbocycles. The molecule has 2 aliphatic rings.